The van der Waals surface area contributed by atoms with E-state index in [-0.39, 0.29) is 61.9 Å². The number of carbonyl (C=O) groups excluding carboxylic acids is 5. The number of piperidine rings is 1. The van der Waals surface area contributed by atoms with Gasteiger partial charge in [0.1, 0.15) is 24.1 Å². The van der Waals surface area contributed by atoms with Gasteiger partial charge in [-0.05, 0) is 77.1 Å². The number of halogens is 1. The molecule has 0 aliphatic carbocycles. The number of fused-ring (bicyclic) bond motifs is 1. The molecule has 2 aliphatic heterocycles. The van der Waals surface area contributed by atoms with Crippen molar-refractivity contribution in [2.75, 3.05) is 44.1 Å². The molecule has 13 heteroatoms. The fourth-order valence-electron chi connectivity index (χ4n) is 6.64. The Morgan fingerprint density at radius 1 is 0.800 bits per heavy atom. The molecule has 0 saturated carbocycles. The lowest BCUT2D eigenvalue weighted by Crippen LogP contribution is -2.54. The fraction of sp³-hybridized carbons (Fsp3) is 0.262. The Labute approximate surface area is 323 Å². The molecule has 0 aromatic heterocycles. The number of alkyl halides is 1. The van der Waals surface area contributed by atoms with Gasteiger partial charge in [0.15, 0.2) is 0 Å². The second-order valence-corrected chi connectivity index (χ2v) is 13.3. The number of hydrogen-bond acceptors (Lipinski definition) is 9. The summed E-state index contributed by atoms with van der Waals surface area (Å²) in [6.07, 6.45) is 0.915. The second-order valence-electron chi connectivity index (χ2n) is 12.9. The van der Waals surface area contributed by atoms with Crippen LogP contribution in [0.1, 0.15) is 63.1 Å². The van der Waals surface area contributed by atoms with Crippen LogP contribution in [-0.2, 0) is 19.1 Å². The minimum Gasteiger partial charge on any atom is -0.508 e. The van der Waals surface area contributed by atoms with Gasteiger partial charge in [0, 0.05) is 31.0 Å². The van der Waals surface area contributed by atoms with Gasteiger partial charge in [0.05, 0.1) is 30.9 Å². The van der Waals surface area contributed by atoms with E-state index in [1.54, 1.807) is 24.3 Å². The van der Waals surface area contributed by atoms with Crippen molar-refractivity contribution in [2.24, 2.45) is 0 Å². The summed E-state index contributed by atoms with van der Waals surface area (Å²) in [6.45, 7) is 1.28. The Bertz CT molecular complexity index is 2070. The van der Waals surface area contributed by atoms with Crippen LogP contribution in [0.5, 0.6) is 11.5 Å². The molecular weight excluding hydrogens is 724 g/mol. The number of nitrogens with zero attached hydrogens (tertiary/aromatic N) is 1. The number of carbonyl (C=O) groups is 5. The first kappa shape index (κ1) is 38.7. The van der Waals surface area contributed by atoms with E-state index < -0.39 is 29.7 Å². The number of amides is 5. The predicted octanol–water partition coefficient (Wildman–Crippen LogP) is 5.40. The zero-order valence-corrected chi connectivity index (χ0v) is 30.8. The molecule has 0 spiro atoms. The summed E-state index contributed by atoms with van der Waals surface area (Å²) in [6, 6.07) is 28.7. The van der Waals surface area contributed by atoms with E-state index in [1.807, 2.05) is 54.6 Å². The number of nitrogens with one attached hydrogen (secondary N) is 3. The van der Waals surface area contributed by atoms with Gasteiger partial charge >= 0.3 is 0 Å². The lowest BCUT2D eigenvalue weighted by Gasteiger charge is -2.27. The van der Waals surface area contributed by atoms with Crippen molar-refractivity contribution in [3.8, 4) is 11.5 Å². The molecule has 284 valence electrons. The van der Waals surface area contributed by atoms with Crippen molar-refractivity contribution in [1.82, 2.24) is 15.5 Å². The van der Waals surface area contributed by atoms with Gasteiger partial charge < -0.3 is 25.2 Å². The van der Waals surface area contributed by atoms with Crippen molar-refractivity contribution in [2.45, 2.75) is 31.7 Å². The summed E-state index contributed by atoms with van der Waals surface area (Å²) < 4.78 is 11.5. The highest BCUT2D eigenvalue weighted by Crippen LogP contribution is 2.36. The minimum absolute atomic E-state index is 0.0447. The molecule has 4 N–H and O–H groups in total. The van der Waals surface area contributed by atoms with E-state index >= 15 is 0 Å². The summed E-state index contributed by atoms with van der Waals surface area (Å²) in [4.78, 5) is 63.5. The van der Waals surface area contributed by atoms with E-state index in [9.17, 15) is 29.1 Å². The van der Waals surface area contributed by atoms with Gasteiger partial charge in [-0.1, -0.05) is 60.7 Å². The van der Waals surface area contributed by atoms with Crippen LogP contribution in [0.4, 0.5) is 5.69 Å². The molecule has 55 heavy (non-hydrogen) atoms. The standard InChI is InChI=1S/C42H41ClN4O8/c43-21-19-32(27-5-2-1-3-6-27)38(28-9-13-30(48)14-10-28)29-11-15-31(16-12-29)55-26-23-45-36(49)20-24-54-25-22-44-34-8-4-7-33-39(34)42(53)47(41(33)52)35-17-18-37(50)46-40(35)51/h1-16,35,44,48H,17-26H2,(H,45,49)(H,46,50,51). The highest BCUT2D eigenvalue weighted by atomic mass is 35.5. The highest BCUT2D eigenvalue weighted by molar-refractivity contribution is 6.25. The number of aromatic hydroxyl groups is 1. The zero-order valence-electron chi connectivity index (χ0n) is 30.0. The molecule has 12 nitrogen and oxygen atoms in total. The van der Waals surface area contributed by atoms with E-state index in [2.05, 4.69) is 28.1 Å². The van der Waals surface area contributed by atoms with Crippen LogP contribution in [-0.4, -0.2) is 84.4 Å². The molecule has 0 bridgehead atoms. The quantitative estimate of drug-likeness (QED) is 0.0478. The van der Waals surface area contributed by atoms with Crippen molar-refractivity contribution in [3.63, 3.8) is 0 Å². The maximum atomic E-state index is 13.2. The largest absolute Gasteiger partial charge is 0.508 e. The highest BCUT2D eigenvalue weighted by Gasteiger charge is 2.45. The molecule has 4 aromatic rings. The summed E-state index contributed by atoms with van der Waals surface area (Å²) in [5.74, 6) is -1.18. The molecule has 1 atom stereocenters. The maximum absolute atomic E-state index is 13.2. The first-order chi connectivity index (χ1) is 26.7. The van der Waals surface area contributed by atoms with Gasteiger partial charge in [-0.25, -0.2) is 0 Å². The Hall–Kier alpha value is -5.98. The third-order valence-electron chi connectivity index (χ3n) is 9.26. The molecule has 0 radical (unpaired) electrons. The molecule has 1 unspecified atom stereocenters. The molecule has 1 fully saturated rings. The number of hydrogen-bond donors (Lipinski definition) is 4. The molecule has 2 aliphatic rings. The molecule has 4 aromatic carbocycles. The number of allylic oxidation sites excluding steroid dienone is 1. The third kappa shape index (κ3) is 9.40. The van der Waals surface area contributed by atoms with Crippen molar-refractivity contribution < 1.29 is 38.6 Å². The smallest absolute Gasteiger partial charge is 0.264 e. The van der Waals surface area contributed by atoms with Crippen LogP contribution in [0, 0.1) is 0 Å². The Kier molecular flexibility index (Phi) is 12.9. The van der Waals surface area contributed by atoms with Gasteiger partial charge in [0.2, 0.25) is 17.7 Å². The fourth-order valence-corrected chi connectivity index (χ4v) is 6.83. The van der Waals surface area contributed by atoms with Crippen molar-refractivity contribution in [1.29, 1.82) is 0 Å². The number of benzene rings is 4. The first-order valence-electron chi connectivity index (χ1n) is 18.0. The van der Waals surface area contributed by atoms with Crippen LogP contribution >= 0.6 is 11.6 Å². The lowest BCUT2D eigenvalue weighted by molar-refractivity contribution is -0.136. The van der Waals surface area contributed by atoms with Crippen molar-refractivity contribution >= 4 is 58.0 Å². The van der Waals surface area contributed by atoms with E-state index in [0.717, 1.165) is 32.7 Å². The molecule has 1 saturated heterocycles. The van der Waals surface area contributed by atoms with E-state index in [0.29, 0.717) is 36.8 Å². The van der Waals surface area contributed by atoms with E-state index in [1.165, 1.54) is 6.07 Å². The predicted molar refractivity (Wildman–Crippen MR) is 208 cm³/mol. The normalized spacial score (nSPS) is 15.7. The Morgan fingerprint density at radius 2 is 1.53 bits per heavy atom. The topological polar surface area (TPSA) is 163 Å². The average Bonchev–Trinajstić information content (AvgIpc) is 3.45. The number of anilines is 1. The Morgan fingerprint density at radius 3 is 2.24 bits per heavy atom. The Balaban J connectivity index is 0.934. The summed E-state index contributed by atoms with van der Waals surface area (Å²) >= 11 is 6.26. The number of imide groups is 2. The number of phenolic OH excluding ortho intramolecular Hbond substituents is 1. The van der Waals surface area contributed by atoms with Gasteiger partial charge in [-0.3, -0.25) is 34.2 Å². The lowest BCUT2D eigenvalue weighted by atomic mass is 9.88. The van der Waals surface area contributed by atoms with Gasteiger partial charge in [0.25, 0.3) is 11.8 Å². The summed E-state index contributed by atoms with van der Waals surface area (Å²) in [5, 5.41) is 18.0. The van der Waals surface area contributed by atoms with Gasteiger partial charge in [-0.2, -0.15) is 0 Å². The second kappa shape index (κ2) is 18.4. The van der Waals surface area contributed by atoms with Crippen LogP contribution in [0.3, 0.4) is 0 Å². The zero-order chi connectivity index (χ0) is 38.7. The molecule has 2 heterocycles. The van der Waals surface area contributed by atoms with Crippen LogP contribution in [0.25, 0.3) is 11.1 Å². The summed E-state index contributed by atoms with van der Waals surface area (Å²) in [7, 11) is 0. The van der Waals surface area contributed by atoms with Gasteiger partial charge in [-0.15, -0.1) is 11.6 Å². The number of ether oxygens (including phenoxy) is 2. The monoisotopic (exact) mass is 764 g/mol. The molecule has 6 rings (SSSR count). The SMILES string of the molecule is O=C(CCOCCNc1cccc2c1C(=O)N(C1CCC(=O)NC1=O)C2=O)NCCOc1ccc(C(=C(CCCl)c2ccccc2)c2ccc(O)cc2)cc1. The number of rotatable bonds is 17. The van der Waals surface area contributed by atoms with Crippen LogP contribution < -0.4 is 20.7 Å². The molecular formula is C42H41ClN4O8. The van der Waals surface area contributed by atoms with Crippen LogP contribution in [0.2, 0.25) is 0 Å². The summed E-state index contributed by atoms with van der Waals surface area (Å²) in [5.41, 5.74) is 5.88. The first-order valence-corrected chi connectivity index (χ1v) is 18.6. The average molecular weight is 765 g/mol. The van der Waals surface area contributed by atoms with Crippen molar-refractivity contribution in [3.05, 3.63) is 125 Å². The third-order valence-corrected chi connectivity index (χ3v) is 9.45. The van der Waals surface area contributed by atoms with E-state index in [4.69, 9.17) is 21.1 Å². The molecule has 5 amide bonds. The number of phenols is 1. The minimum atomic E-state index is -1.04. The maximum Gasteiger partial charge on any atom is 0.264 e. The van der Waals surface area contributed by atoms with Crippen LogP contribution in [0.15, 0.2) is 97.1 Å².